The number of hydrogen-bond acceptors (Lipinski definition) is 3. The molecule has 0 saturated heterocycles. The Bertz CT molecular complexity index is 566. The van der Waals surface area contributed by atoms with Crippen LogP contribution in [-0.2, 0) is 11.2 Å². The van der Waals surface area contributed by atoms with Crippen molar-refractivity contribution in [3.8, 4) is 11.1 Å². The SMILES string of the molecule is NC(Cc1ccc(-c2ccccc2)cc1)C(O)C(=O)O. The average Bonchev–Trinajstić information content (AvgIpc) is 2.48. The van der Waals surface area contributed by atoms with Crippen LogP contribution in [0.1, 0.15) is 5.56 Å². The van der Waals surface area contributed by atoms with E-state index in [4.69, 9.17) is 10.8 Å². The lowest BCUT2D eigenvalue weighted by Crippen LogP contribution is -2.41. The van der Waals surface area contributed by atoms with Gasteiger partial charge in [-0.3, -0.25) is 0 Å². The van der Waals surface area contributed by atoms with Crippen molar-refractivity contribution in [1.82, 2.24) is 0 Å². The summed E-state index contributed by atoms with van der Waals surface area (Å²) in [6.07, 6.45) is -1.22. The van der Waals surface area contributed by atoms with Crippen LogP contribution in [0.5, 0.6) is 0 Å². The molecular formula is C16H17NO3. The predicted octanol–water partition coefficient (Wildman–Crippen LogP) is 1.67. The van der Waals surface area contributed by atoms with Crippen LogP contribution in [-0.4, -0.2) is 28.3 Å². The Labute approximate surface area is 117 Å². The van der Waals surface area contributed by atoms with Gasteiger partial charge in [-0.05, 0) is 23.1 Å². The summed E-state index contributed by atoms with van der Waals surface area (Å²) in [6.45, 7) is 0. The van der Waals surface area contributed by atoms with Gasteiger partial charge in [-0.1, -0.05) is 54.6 Å². The van der Waals surface area contributed by atoms with Crippen molar-refractivity contribution in [2.24, 2.45) is 5.73 Å². The Morgan fingerprint density at radius 3 is 2.10 bits per heavy atom. The molecule has 2 atom stereocenters. The fourth-order valence-electron chi connectivity index (χ4n) is 2.03. The molecule has 0 aliphatic heterocycles. The number of carbonyl (C=O) groups is 1. The van der Waals surface area contributed by atoms with Crippen molar-refractivity contribution in [3.63, 3.8) is 0 Å². The molecule has 0 saturated carbocycles. The Balaban J connectivity index is 2.07. The highest BCUT2D eigenvalue weighted by Crippen LogP contribution is 2.19. The fraction of sp³-hybridized carbons (Fsp3) is 0.188. The van der Waals surface area contributed by atoms with Crippen molar-refractivity contribution < 1.29 is 15.0 Å². The molecule has 0 amide bonds. The number of aliphatic carboxylic acids is 1. The third-order valence-electron chi connectivity index (χ3n) is 3.19. The molecule has 4 nitrogen and oxygen atoms in total. The van der Waals surface area contributed by atoms with Gasteiger partial charge in [0.2, 0.25) is 0 Å². The van der Waals surface area contributed by atoms with Gasteiger partial charge in [0.15, 0.2) is 6.10 Å². The van der Waals surface area contributed by atoms with E-state index in [-0.39, 0.29) is 0 Å². The van der Waals surface area contributed by atoms with E-state index in [1.807, 2.05) is 54.6 Å². The van der Waals surface area contributed by atoms with E-state index in [0.29, 0.717) is 6.42 Å². The number of aliphatic hydroxyl groups excluding tert-OH is 1. The van der Waals surface area contributed by atoms with Crippen LogP contribution < -0.4 is 5.73 Å². The summed E-state index contributed by atoms with van der Waals surface area (Å²) in [5.74, 6) is -1.29. The molecule has 2 aromatic rings. The Morgan fingerprint density at radius 2 is 1.55 bits per heavy atom. The van der Waals surface area contributed by atoms with E-state index in [2.05, 4.69) is 0 Å². The first-order valence-corrected chi connectivity index (χ1v) is 6.39. The van der Waals surface area contributed by atoms with Crippen molar-refractivity contribution in [2.75, 3.05) is 0 Å². The zero-order valence-electron chi connectivity index (χ0n) is 10.9. The number of nitrogens with two attached hydrogens (primary N) is 1. The van der Waals surface area contributed by atoms with Gasteiger partial charge in [0, 0.05) is 6.04 Å². The first-order valence-electron chi connectivity index (χ1n) is 6.39. The van der Waals surface area contributed by atoms with E-state index in [1.165, 1.54) is 0 Å². The minimum absolute atomic E-state index is 0.322. The highest BCUT2D eigenvalue weighted by Gasteiger charge is 2.22. The second-order valence-corrected chi connectivity index (χ2v) is 4.71. The van der Waals surface area contributed by atoms with E-state index in [0.717, 1.165) is 16.7 Å². The molecule has 2 aromatic carbocycles. The summed E-state index contributed by atoms with van der Waals surface area (Å²) in [5.41, 5.74) is 8.77. The first kappa shape index (κ1) is 14.2. The Kier molecular flexibility index (Phi) is 4.50. The lowest BCUT2D eigenvalue weighted by molar-refractivity contribution is -0.147. The van der Waals surface area contributed by atoms with Crippen LogP contribution in [0.15, 0.2) is 54.6 Å². The Morgan fingerprint density at radius 1 is 1.00 bits per heavy atom. The maximum atomic E-state index is 10.6. The van der Waals surface area contributed by atoms with Gasteiger partial charge < -0.3 is 15.9 Å². The van der Waals surface area contributed by atoms with Crippen molar-refractivity contribution in [2.45, 2.75) is 18.6 Å². The van der Waals surface area contributed by atoms with Gasteiger partial charge in [0.1, 0.15) is 0 Å². The third-order valence-corrected chi connectivity index (χ3v) is 3.19. The van der Waals surface area contributed by atoms with Gasteiger partial charge >= 0.3 is 5.97 Å². The van der Waals surface area contributed by atoms with Crippen molar-refractivity contribution >= 4 is 5.97 Å². The van der Waals surface area contributed by atoms with E-state index >= 15 is 0 Å². The molecule has 4 N–H and O–H groups in total. The number of benzene rings is 2. The number of hydrogen-bond donors (Lipinski definition) is 3. The molecule has 20 heavy (non-hydrogen) atoms. The van der Waals surface area contributed by atoms with Crippen LogP contribution in [0.25, 0.3) is 11.1 Å². The largest absolute Gasteiger partial charge is 0.479 e. The lowest BCUT2D eigenvalue weighted by Gasteiger charge is -2.15. The van der Waals surface area contributed by atoms with Crippen LogP contribution in [0.3, 0.4) is 0 Å². The second kappa shape index (κ2) is 6.32. The molecule has 2 unspecified atom stereocenters. The zero-order valence-corrected chi connectivity index (χ0v) is 10.9. The van der Waals surface area contributed by atoms with E-state index in [9.17, 15) is 9.90 Å². The van der Waals surface area contributed by atoms with Gasteiger partial charge in [0.25, 0.3) is 0 Å². The molecule has 0 bridgehead atoms. The lowest BCUT2D eigenvalue weighted by atomic mass is 9.99. The minimum Gasteiger partial charge on any atom is -0.479 e. The van der Waals surface area contributed by atoms with Crippen LogP contribution >= 0.6 is 0 Å². The number of carboxylic acid groups (broad SMARTS) is 1. The molecule has 0 aliphatic carbocycles. The molecule has 0 radical (unpaired) electrons. The molecule has 0 aromatic heterocycles. The summed E-state index contributed by atoms with van der Waals surface area (Å²) in [7, 11) is 0. The normalized spacial score (nSPS) is 13.7. The number of carboxylic acids is 1. The standard InChI is InChI=1S/C16H17NO3/c17-14(15(18)16(19)20)10-11-6-8-13(9-7-11)12-4-2-1-3-5-12/h1-9,14-15,18H,10,17H2,(H,19,20). The van der Waals surface area contributed by atoms with Crippen LogP contribution in [0.2, 0.25) is 0 Å². The van der Waals surface area contributed by atoms with Crippen molar-refractivity contribution in [1.29, 1.82) is 0 Å². The third kappa shape index (κ3) is 3.44. The topological polar surface area (TPSA) is 83.5 Å². The van der Waals surface area contributed by atoms with E-state index < -0.39 is 18.1 Å². The summed E-state index contributed by atoms with van der Waals surface area (Å²) in [6, 6.07) is 16.9. The fourth-order valence-corrected chi connectivity index (χ4v) is 2.03. The molecule has 2 rings (SSSR count). The van der Waals surface area contributed by atoms with E-state index in [1.54, 1.807) is 0 Å². The number of aliphatic hydroxyl groups is 1. The summed E-state index contributed by atoms with van der Waals surface area (Å²) < 4.78 is 0. The zero-order chi connectivity index (χ0) is 14.5. The highest BCUT2D eigenvalue weighted by molar-refractivity contribution is 5.73. The Hall–Kier alpha value is -2.17. The molecule has 0 aliphatic rings. The number of rotatable bonds is 5. The maximum Gasteiger partial charge on any atom is 0.334 e. The summed E-state index contributed by atoms with van der Waals surface area (Å²) >= 11 is 0. The molecule has 4 heteroatoms. The summed E-state index contributed by atoms with van der Waals surface area (Å²) in [5, 5.41) is 18.1. The maximum absolute atomic E-state index is 10.6. The predicted molar refractivity (Wildman–Crippen MR) is 77.2 cm³/mol. The average molecular weight is 271 g/mol. The molecule has 0 spiro atoms. The second-order valence-electron chi connectivity index (χ2n) is 4.71. The summed E-state index contributed by atoms with van der Waals surface area (Å²) in [4.78, 5) is 10.6. The first-order chi connectivity index (χ1) is 9.58. The van der Waals surface area contributed by atoms with Gasteiger partial charge in [-0.2, -0.15) is 0 Å². The van der Waals surface area contributed by atoms with Gasteiger partial charge in [0.05, 0.1) is 0 Å². The molecular weight excluding hydrogens is 254 g/mol. The monoisotopic (exact) mass is 271 g/mol. The van der Waals surface area contributed by atoms with Gasteiger partial charge in [-0.15, -0.1) is 0 Å². The van der Waals surface area contributed by atoms with Crippen LogP contribution in [0.4, 0.5) is 0 Å². The molecule has 104 valence electrons. The smallest absolute Gasteiger partial charge is 0.334 e. The molecule has 0 fully saturated rings. The van der Waals surface area contributed by atoms with Gasteiger partial charge in [-0.25, -0.2) is 4.79 Å². The highest BCUT2D eigenvalue weighted by atomic mass is 16.4. The minimum atomic E-state index is -1.54. The van der Waals surface area contributed by atoms with Crippen molar-refractivity contribution in [3.05, 3.63) is 60.2 Å². The quantitative estimate of drug-likeness (QED) is 0.772. The molecule has 0 heterocycles. The van der Waals surface area contributed by atoms with Crippen LogP contribution in [0, 0.1) is 0 Å².